The molecule has 0 unspecified atom stereocenters. The van der Waals surface area contributed by atoms with Crippen LogP contribution in [0.3, 0.4) is 0 Å². The molecule has 33 heavy (non-hydrogen) atoms. The summed E-state index contributed by atoms with van der Waals surface area (Å²) in [7, 11) is 0. The van der Waals surface area contributed by atoms with Gasteiger partial charge in [-0.15, -0.1) is 11.6 Å². The Balaban J connectivity index is 1.80. The van der Waals surface area contributed by atoms with Gasteiger partial charge in [0.15, 0.2) is 0 Å². The average molecular weight is 482 g/mol. The highest BCUT2D eigenvalue weighted by Gasteiger charge is 2.31. The van der Waals surface area contributed by atoms with Crippen molar-refractivity contribution >= 4 is 34.4 Å². The Bertz CT molecular complexity index is 1150. The number of rotatable bonds is 5. The van der Waals surface area contributed by atoms with Crippen molar-refractivity contribution in [1.82, 2.24) is 20.0 Å². The van der Waals surface area contributed by atoms with Crippen LogP contribution in [-0.2, 0) is 17.4 Å². The lowest BCUT2D eigenvalue weighted by Crippen LogP contribution is -2.36. The van der Waals surface area contributed by atoms with Crippen LogP contribution in [0.1, 0.15) is 31.2 Å². The van der Waals surface area contributed by atoms with E-state index in [9.17, 15) is 18.0 Å². The van der Waals surface area contributed by atoms with Crippen molar-refractivity contribution in [2.75, 3.05) is 37.0 Å². The van der Waals surface area contributed by atoms with Gasteiger partial charge in [-0.05, 0) is 25.0 Å². The number of anilines is 1. The van der Waals surface area contributed by atoms with Crippen LogP contribution in [0, 0.1) is 0 Å². The lowest BCUT2D eigenvalue weighted by molar-refractivity contribution is -0.137. The molecule has 0 aliphatic carbocycles. The quantitative estimate of drug-likeness (QED) is 0.498. The van der Waals surface area contributed by atoms with Gasteiger partial charge in [-0.25, -0.2) is 4.98 Å². The van der Waals surface area contributed by atoms with Gasteiger partial charge >= 0.3 is 6.18 Å². The Morgan fingerprint density at radius 3 is 2.73 bits per heavy atom. The number of aryl methyl sites for hydroxylation is 1. The van der Waals surface area contributed by atoms with E-state index < -0.39 is 11.7 Å². The fraction of sp³-hybridized carbons (Fsp3) is 0.455. The predicted octanol–water partition coefficient (Wildman–Crippen LogP) is 4.53. The van der Waals surface area contributed by atoms with Gasteiger partial charge < -0.3 is 14.3 Å². The van der Waals surface area contributed by atoms with Gasteiger partial charge in [-0.3, -0.25) is 4.79 Å². The number of hydrogen-bond acceptors (Lipinski definition) is 6. The molecule has 4 rings (SSSR count). The van der Waals surface area contributed by atoms with Gasteiger partial charge in [0.2, 0.25) is 5.91 Å². The van der Waals surface area contributed by atoms with Gasteiger partial charge in [0, 0.05) is 38.2 Å². The first-order chi connectivity index (χ1) is 15.8. The maximum absolute atomic E-state index is 13.3. The molecule has 1 aromatic carbocycles. The highest BCUT2D eigenvalue weighted by atomic mass is 35.5. The lowest BCUT2D eigenvalue weighted by atomic mass is 10.1. The van der Waals surface area contributed by atoms with E-state index in [2.05, 4.69) is 10.1 Å². The molecule has 0 N–H and O–H groups in total. The first-order valence-electron chi connectivity index (χ1n) is 10.7. The van der Waals surface area contributed by atoms with E-state index in [1.165, 1.54) is 6.07 Å². The van der Waals surface area contributed by atoms with Crippen LogP contribution in [0.5, 0.6) is 0 Å². The fourth-order valence-corrected chi connectivity index (χ4v) is 4.12. The smallest absolute Gasteiger partial charge is 0.354 e. The summed E-state index contributed by atoms with van der Waals surface area (Å²) in [5.74, 6) is 0.915. The van der Waals surface area contributed by atoms with Gasteiger partial charge in [0.25, 0.3) is 5.71 Å². The SMILES string of the molecule is CCCc1nc(N2CCCN(C(=O)CCl)CC2)c2c(-c3cccc(C(F)(F)F)c3)noc2n1. The lowest BCUT2D eigenvalue weighted by Gasteiger charge is -2.23. The standard InChI is InChI=1S/C22H23ClF3N5O2/c1-2-5-16-27-20(31-9-4-8-30(10-11-31)17(32)13-23)18-19(29-33-21(18)28-16)14-6-3-7-15(12-14)22(24,25)26/h3,6-7,12H,2,4-5,8-11,13H2,1H3. The summed E-state index contributed by atoms with van der Waals surface area (Å²) in [6.07, 6.45) is -2.35. The molecule has 0 saturated carbocycles. The minimum Gasteiger partial charge on any atom is -0.354 e. The molecule has 11 heteroatoms. The maximum Gasteiger partial charge on any atom is 0.416 e. The van der Waals surface area contributed by atoms with Crippen LogP contribution in [0.15, 0.2) is 28.8 Å². The van der Waals surface area contributed by atoms with Crippen LogP contribution in [-0.4, -0.2) is 58.0 Å². The summed E-state index contributed by atoms with van der Waals surface area (Å²) < 4.78 is 45.3. The monoisotopic (exact) mass is 481 g/mol. The van der Waals surface area contributed by atoms with E-state index in [4.69, 9.17) is 21.1 Å². The first kappa shape index (κ1) is 23.3. The van der Waals surface area contributed by atoms with Crippen molar-refractivity contribution in [3.8, 4) is 11.3 Å². The molecule has 2 aromatic heterocycles. The normalized spacial score (nSPS) is 15.2. The number of benzene rings is 1. The van der Waals surface area contributed by atoms with E-state index in [-0.39, 0.29) is 28.8 Å². The third-order valence-corrected chi connectivity index (χ3v) is 5.79. The van der Waals surface area contributed by atoms with Crippen molar-refractivity contribution in [3.05, 3.63) is 35.7 Å². The van der Waals surface area contributed by atoms with Crippen molar-refractivity contribution in [3.63, 3.8) is 0 Å². The van der Waals surface area contributed by atoms with Crippen LogP contribution in [0.25, 0.3) is 22.4 Å². The first-order valence-corrected chi connectivity index (χ1v) is 11.3. The minimum absolute atomic E-state index is 0.0796. The van der Waals surface area contributed by atoms with Crippen LogP contribution in [0.2, 0.25) is 0 Å². The molecular formula is C22H23ClF3N5O2. The van der Waals surface area contributed by atoms with Gasteiger partial charge in [0.1, 0.15) is 28.6 Å². The molecule has 1 saturated heterocycles. The van der Waals surface area contributed by atoms with Crippen LogP contribution in [0.4, 0.5) is 19.0 Å². The average Bonchev–Trinajstić information content (AvgIpc) is 3.06. The zero-order valence-corrected chi connectivity index (χ0v) is 18.8. The summed E-state index contributed by atoms with van der Waals surface area (Å²) in [6.45, 7) is 4.14. The zero-order chi connectivity index (χ0) is 23.6. The topological polar surface area (TPSA) is 75.4 Å². The Morgan fingerprint density at radius 2 is 2.00 bits per heavy atom. The Kier molecular flexibility index (Phi) is 6.73. The second-order valence-corrected chi connectivity index (χ2v) is 8.13. The van der Waals surface area contributed by atoms with Crippen molar-refractivity contribution in [1.29, 1.82) is 0 Å². The zero-order valence-electron chi connectivity index (χ0n) is 18.0. The largest absolute Gasteiger partial charge is 0.416 e. The number of hydrogen-bond donors (Lipinski definition) is 0. The molecule has 3 heterocycles. The number of amides is 1. The molecule has 0 bridgehead atoms. The predicted molar refractivity (Wildman–Crippen MR) is 118 cm³/mol. The number of aromatic nitrogens is 3. The summed E-state index contributed by atoms with van der Waals surface area (Å²) >= 11 is 5.72. The highest BCUT2D eigenvalue weighted by molar-refractivity contribution is 6.27. The second-order valence-electron chi connectivity index (χ2n) is 7.86. The molecule has 0 spiro atoms. The van der Waals surface area contributed by atoms with E-state index in [0.29, 0.717) is 56.0 Å². The van der Waals surface area contributed by atoms with Crippen molar-refractivity contribution in [2.24, 2.45) is 0 Å². The van der Waals surface area contributed by atoms with Crippen molar-refractivity contribution < 1.29 is 22.5 Å². The maximum atomic E-state index is 13.3. The molecule has 176 valence electrons. The molecule has 1 amide bonds. The number of fused-ring (bicyclic) bond motifs is 1. The second kappa shape index (κ2) is 9.54. The van der Waals surface area contributed by atoms with E-state index >= 15 is 0 Å². The molecular weight excluding hydrogens is 459 g/mol. The fourth-order valence-electron chi connectivity index (χ4n) is 3.95. The molecule has 1 aliphatic rings. The van der Waals surface area contributed by atoms with Gasteiger partial charge in [-0.2, -0.15) is 18.2 Å². The number of nitrogens with zero attached hydrogens (tertiary/aromatic N) is 5. The number of carbonyl (C=O) groups is 1. The molecule has 0 atom stereocenters. The van der Waals surface area contributed by atoms with Crippen LogP contribution >= 0.6 is 11.6 Å². The number of halogens is 4. The van der Waals surface area contributed by atoms with Gasteiger partial charge in [0.05, 0.1) is 5.56 Å². The third-order valence-electron chi connectivity index (χ3n) is 5.56. The van der Waals surface area contributed by atoms with Crippen LogP contribution < -0.4 is 4.90 Å². The summed E-state index contributed by atoms with van der Waals surface area (Å²) in [6, 6.07) is 4.95. The highest BCUT2D eigenvalue weighted by Crippen LogP contribution is 2.37. The molecule has 1 fully saturated rings. The Morgan fingerprint density at radius 1 is 1.18 bits per heavy atom. The summed E-state index contributed by atoms with van der Waals surface area (Å²) in [5.41, 5.74) is -0.0162. The summed E-state index contributed by atoms with van der Waals surface area (Å²) in [4.78, 5) is 25.0. The number of carbonyl (C=O) groups excluding carboxylic acids is 1. The molecule has 0 radical (unpaired) electrons. The summed E-state index contributed by atoms with van der Waals surface area (Å²) in [5, 5.41) is 4.54. The van der Waals surface area contributed by atoms with E-state index in [1.54, 1.807) is 11.0 Å². The number of alkyl halides is 4. The van der Waals surface area contributed by atoms with E-state index in [1.807, 2.05) is 11.8 Å². The minimum atomic E-state index is -4.48. The van der Waals surface area contributed by atoms with Crippen molar-refractivity contribution in [2.45, 2.75) is 32.4 Å². The molecule has 3 aromatic rings. The molecule has 1 aliphatic heterocycles. The Labute approximate surface area is 193 Å². The van der Waals surface area contributed by atoms with Gasteiger partial charge in [-0.1, -0.05) is 24.2 Å². The third kappa shape index (κ3) is 4.90. The van der Waals surface area contributed by atoms with E-state index in [0.717, 1.165) is 18.6 Å². The molecule has 7 nitrogen and oxygen atoms in total. The Hall–Kier alpha value is -2.88.